The summed E-state index contributed by atoms with van der Waals surface area (Å²) in [6, 6.07) is 7.81. The summed E-state index contributed by atoms with van der Waals surface area (Å²) in [7, 11) is 0. The number of nitrogens with one attached hydrogen (secondary N) is 1. The lowest BCUT2D eigenvalue weighted by Gasteiger charge is -2.29. The number of phenolic OH excluding ortho intramolecular Hbond substituents is 1. The van der Waals surface area contributed by atoms with E-state index < -0.39 is 17.4 Å². The van der Waals surface area contributed by atoms with E-state index in [1.165, 1.54) is 0 Å². The first kappa shape index (κ1) is 27.8. The van der Waals surface area contributed by atoms with Crippen LogP contribution in [0, 0.1) is 17.6 Å². The predicted molar refractivity (Wildman–Crippen MR) is 136 cm³/mol. The van der Waals surface area contributed by atoms with Crippen molar-refractivity contribution in [1.29, 1.82) is 0 Å². The van der Waals surface area contributed by atoms with Crippen molar-refractivity contribution in [2.45, 2.75) is 51.6 Å². The molecule has 9 heteroatoms. The molecule has 34 heavy (non-hydrogen) atoms. The molecule has 0 atom stereocenters. The number of benzene rings is 2. The Morgan fingerprint density at radius 1 is 1.06 bits per heavy atom. The minimum Gasteiger partial charge on any atom is -0.503 e. The number of aromatic nitrogens is 1. The number of phenols is 1. The maximum Gasteiger partial charge on any atom is 0.187 e. The summed E-state index contributed by atoms with van der Waals surface area (Å²) < 4.78 is 27.9. The number of hydrogen-bond acceptors (Lipinski definition) is 5. The smallest absolute Gasteiger partial charge is 0.187 e. The molecule has 1 saturated carbocycles. The first-order chi connectivity index (χ1) is 15.2. The summed E-state index contributed by atoms with van der Waals surface area (Å²) in [5, 5.41) is 13.7. The third kappa shape index (κ3) is 5.59. The Hall–Kier alpha value is -2.48. The molecule has 0 radical (unpaired) electrons. The molecule has 184 valence electrons. The predicted octanol–water partition coefficient (Wildman–Crippen LogP) is 6.25. The van der Waals surface area contributed by atoms with E-state index in [1.54, 1.807) is 24.4 Å². The normalized spacial score (nSPS) is 17.7. The molecule has 1 aliphatic carbocycles. The molecule has 4 rings (SSSR count). The minimum absolute atomic E-state index is 0. The first-order valence-corrected chi connectivity index (χ1v) is 10.9. The van der Waals surface area contributed by atoms with Crippen molar-refractivity contribution < 1.29 is 18.7 Å². The van der Waals surface area contributed by atoms with Crippen LogP contribution in [0.2, 0.25) is 0 Å². The molecule has 0 amide bonds. The number of ketones is 1. The summed E-state index contributed by atoms with van der Waals surface area (Å²) >= 11 is 0. The van der Waals surface area contributed by atoms with Gasteiger partial charge in [0.15, 0.2) is 23.2 Å². The fourth-order valence-electron chi connectivity index (χ4n) is 4.23. The molecule has 3 aromatic rings. The molecule has 1 aromatic heterocycles. The zero-order chi connectivity index (χ0) is 23.0. The van der Waals surface area contributed by atoms with Gasteiger partial charge in [0.05, 0.1) is 16.8 Å². The molecule has 0 aliphatic heterocycles. The van der Waals surface area contributed by atoms with Crippen molar-refractivity contribution in [3.05, 3.63) is 53.7 Å². The van der Waals surface area contributed by atoms with Gasteiger partial charge < -0.3 is 16.2 Å². The van der Waals surface area contributed by atoms with Crippen LogP contribution in [0.3, 0.4) is 0 Å². The lowest BCUT2D eigenvalue weighted by Crippen LogP contribution is -2.33. The SMILES string of the molecule is CC(C)C(=O)c1cnc2ccc(-c3cc(F)c(O)c(F)c3)cc2c1NC1CCC(N)CC1.Cl.Cl. The van der Waals surface area contributed by atoms with Crippen LogP contribution in [0.5, 0.6) is 5.75 Å². The molecule has 0 saturated heterocycles. The van der Waals surface area contributed by atoms with Gasteiger partial charge in [-0.1, -0.05) is 19.9 Å². The Bertz CT molecular complexity index is 1160. The van der Waals surface area contributed by atoms with E-state index in [-0.39, 0.29) is 54.2 Å². The van der Waals surface area contributed by atoms with Crippen molar-refractivity contribution in [3.8, 4) is 16.9 Å². The summed E-state index contributed by atoms with van der Waals surface area (Å²) in [5.74, 6) is -3.30. The topological polar surface area (TPSA) is 88.2 Å². The highest BCUT2D eigenvalue weighted by molar-refractivity contribution is 6.09. The fourth-order valence-corrected chi connectivity index (χ4v) is 4.23. The van der Waals surface area contributed by atoms with Crippen LogP contribution < -0.4 is 11.1 Å². The molecule has 1 aliphatic rings. The number of pyridine rings is 1. The average molecular weight is 512 g/mol. The molecule has 1 fully saturated rings. The first-order valence-electron chi connectivity index (χ1n) is 10.9. The third-order valence-electron chi connectivity index (χ3n) is 6.13. The number of Topliss-reactive ketones (excluding diaryl/α,β-unsaturated/α-hetero) is 1. The third-order valence-corrected chi connectivity index (χ3v) is 6.13. The Morgan fingerprint density at radius 3 is 2.26 bits per heavy atom. The van der Waals surface area contributed by atoms with Gasteiger partial charge in [-0.25, -0.2) is 8.78 Å². The van der Waals surface area contributed by atoms with Crippen LogP contribution in [0.15, 0.2) is 36.5 Å². The maximum atomic E-state index is 13.9. The highest BCUT2D eigenvalue weighted by atomic mass is 35.5. The number of fused-ring (bicyclic) bond motifs is 1. The van der Waals surface area contributed by atoms with Gasteiger partial charge in [-0.2, -0.15) is 0 Å². The number of carbonyl (C=O) groups is 1. The lowest BCUT2D eigenvalue weighted by atomic mass is 9.90. The van der Waals surface area contributed by atoms with Gasteiger partial charge in [-0.15, -0.1) is 24.8 Å². The van der Waals surface area contributed by atoms with Crippen molar-refractivity contribution in [1.82, 2.24) is 4.98 Å². The van der Waals surface area contributed by atoms with Crippen LogP contribution >= 0.6 is 24.8 Å². The monoisotopic (exact) mass is 511 g/mol. The van der Waals surface area contributed by atoms with E-state index in [4.69, 9.17) is 5.73 Å². The van der Waals surface area contributed by atoms with Crippen molar-refractivity contribution in [2.24, 2.45) is 11.7 Å². The van der Waals surface area contributed by atoms with E-state index in [2.05, 4.69) is 10.3 Å². The number of nitrogens with two attached hydrogens (primary N) is 1. The Labute approximate surface area is 210 Å². The zero-order valence-corrected chi connectivity index (χ0v) is 20.6. The molecule has 0 unspecified atom stereocenters. The quantitative estimate of drug-likeness (QED) is 0.352. The molecule has 1 heterocycles. The highest BCUT2D eigenvalue weighted by Crippen LogP contribution is 2.35. The van der Waals surface area contributed by atoms with Gasteiger partial charge in [0.1, 0.15) is 0 Å². The molecule has 4 N–H and O–H groups in total. The lowest BCUT2D eigenvalue weighted by molar-refractivity contribution is 0.0940. The number of hydrogen-bond donors (Lipinski definition) is 3. The molecule has 2 aromatic carbocycles. The van der Waals surface area contributed by atoms with Crippen LogP contribution in [0.25, 0.3) is 22.0 Å². The van der Waals surface area contributed by atoms with Crippen LogP contribution in [-0.4, -0.2) is 28.0 Å². The molecule has 5 nitrogen and oxygen atoms in total. The largest absolute Gasteiger partial charge is 0.503 e. The number of anilines is 1. The van der Waals surface area contributed by atoms with E-state index in [0.717, 1.165) is 37.8 Å². The molecule has 0 spiro atoms. The summed E-state index contributed by atoms with van der Waals surface area (Å²) in [5.41, 5.74) is 8.75. The molecular weight excluding hydrogens is 483 g/mol. The maximum absolute atomic E-state index is 13.9. The van der Waals surface area contributed by atoms with Gasteiger partial charge in [0, 0.05) is 29.6 Å². The number of nitrogens with zero attached hydrogens (tertiary/aromatic N) is 1. The second-order valence-corrected chi connectivity index (χ2v) is 8.84. The van der Waals surface area contributed by atoms with Crippen LogP contribution in [0.4, 0.5) is 14.5 Å². The minimum atomic E-state index is -1.03. The highest BCUT2D eigenvalue weighted by Gasteiger charge is 2.24. The number of rotatable bonds is 5. The van der Waals surface area contributed by atoms with Crippen molar-refractivity contribution in [3.63, 3.8) is 0 Å². The van der Waals surface area contributed by atoms with Gasteiger partial charge >= 0.3 is 0 Å². The summed E-state index contributed by atoms with van der Waals surface area (Å²) in [4.78, 5) is 17.4. The van der Waals surface area contributed by atoms with Crippen LogP contribution in [0.1, 0.15) is 49.9 Å². The van der Waals surface area contributed by atoms with E-state index in [0.29, 0.717) is 27.7 Å². The van der Waals surface area contributed by atoms with E-state index in [1.807, 2.05) is 13.8 Å². The zero-order valence-electron chi connectivity index (χ0n) is 19.0. The summed E-state index contributed by atoms with van der Waals surface area (Å²) in [6.45, 7) is 3.68. The Balaban J connectivity index is 0.00000204. The van der Waals surface area contributed by atoms with Gasteiger partial charge in [-0.3, -0.25) is 9.78 Å². The average Bonchev–Trinajstić information content (AvgIpc) is 2.78. The van der Waals surface area contributed by atoms with Gasteiger partial charge in [0.25, 0.3) is 0 Å². The van der Waals surface area contributed by atoms with Crippen molar-refractivity contribution >= 4 is 47.2 Å². The Morgan fingerprint density at radius 2 is 1.68 bits per heavy atom. The van der Waals surface area contributed by atoms with E-state index in [9.17, 15) is 18.7 Å². The standard InChI is InChI=1S/C25H27F2N3O2.2ClH/c1-13(2)24(31)19-12-29-22-8-3-14(15-10-20(26)25(32)21(27)11-15)9-18(22)23(19)30-17-6-4-16(28)5-7-17;;/h3,8-13,16-17,32H,4-7,28H2,1-2H3,(H,29,30);2*1H. The number of halogens is 4. The molecular formula is C25H29Cl2F2N3O2. The summed E-state index contributed by atoms with van der Waals surface area (Å²) in [6.07, 6.45) is 5.21. The number of aromatic hydroxyl groups is 1. The second kappa shape index (κ2) is 11.3. The van der Waals surface area contributed by atoms with Crippen molar-refractivity contribution in [2.75, 3.05) is 5.32 Å². The number of carbonyl (C=O) groups excluding carboxylic acids is 1. The molecule has 0 bridgehead atoms. The van der Waals surface area contributed by atoms with Gasteiger partial charge in [0.2, 0.25) is 0 Å². The van der Waals surface area contributed by atoms with Crippen LogP contribution in [-0.2, 0) is 0 Å². The van der Waals surface area contributed by atoms with Gasteiger partial charge in [-0.05, 0) is 61.1 Å². The second-order valence-electron chi connectivity index (χ2n) is 8.84. The fraction of sp³-hybridized carbons (Fsp3) is 0.360. The van der Waals surface area contributed by atoms with E-state index >= 15 is 0 Å². The Kier molecular flexibility index (Phi) is 9.22.